The zero-order valence-corrected chi connectivity index (χ0v) is 35.6. The zero-order valence-electron chi connectivity index (χ0n) is 35.6. The molecule has 0 rings (SSSR count). The Hall–Kier alpha value is -0.850. The van der Waals surface area contributed by atoms with Gasteiger partial charge in [0.25, 0.3) is 0 Å². The van der Waals surface area contributed by atoms with E-state index in [1.807, 2.05) is 0 Å². The van der Waals surface area contributed by atoms with Crippen LogP contribution in [0, 0.1) is 0 Å². The first-order valence-corrected chi connectivity index (χ1v) is 22.6. The number of esters is 1. The Morgan fingerprint density at radius 3 is 0.778 bits per heavy atom. The molecular formula is C44H88O10. The van der Waals surface area contributed by atoms with E-state index in [1.54, 1.807) is 0 Å². The predicted octanol–water partition coefficient (Wildman–Crippen LogP) is 10.1. The Bertz CT molecular complexity index is 684. The molecule has 0 N–H and O–H groups in total. The highest BCUT2D eigenvalue weighted by Gasteiger charge is 2.03. The van der Waals surface area contributed by atoms with E-state index in [4.69, 9.17) is 42.6 Å². The van der Waals surface area contributed by atoms with Gasteiger partial charge in [0.15, 0.2) is 0 Å². The van der Waals surface area contributed by atoms with Crippen molar-refractivity contribution in [3.8, 4) is 0 Å². The second-order valence-electron chi connectivity index (χ2n) is 14.3. The summed E-state index contributed by atoms with van der Waals surface area (Å²) in [6.07, 6.45) is 31.0. The summed E-state index contributed by atoms with van der Waals surface area (Å²) in [6.45, 7) is 13.5. The molecule has 0 aromatic carbocycles. The van der Waals surface area contributed by atoms with Gasteiger partial charge in [0.2, 0.25) is 0 Å². The molecule has 0 radical (unpaired) electrons. The zero-order chi connectivity index (χ0) is 38.9. The first-order chi connectivity index (χ1) is 26.8. The van der Waals surface area contributed by atoms with Crippen molar-refractivity contribution in [1.82, 2.24) is 0 Å². The van der Waals surface area contributed by atoms with Crippen molar-refractivity contribution in [3.63, 3.8) is 0 Å². The Kier molecular flexibility index (Phi) is 49.4. The van der Waals surface area contributed by atoms with Crippen molar-refractivity contribution in [2.45, 2.75) is 168 Å². The molecule has 0 bridgehead atoms. The Morgan fingerprint density at radius 2 is 0.481 bits per heavy atom. The van der Waals surface area contributed by atoms with E-state index in [2.05, 4.69) is 13.8 Å². The Balaban J connectivity index is 3.09. The van der Waals surface area contributed by atoms with Crippen LogP contribution in [0.15, 0.2) is 0 Å². The maximum absolute atomic E-state index is 11.7. The average molecular weight is 777 g/mol. The predicted molar refractivity (Wildman–Crippen MR) is 220 cm³/mol. The van der Waals surface area contributed by atoms with Crippen molar-refractivity contribution in [3.05, 3.63) is 0 Å². The molecule has 324 valence electrons. The minimum atomic E-state index is -0.133. The molecule has 0 aromatic rings. The van der Waals surface area contributed by atoms with Crippen molar-refractivity contribution in [1.29, 1.82) is 0 Å². The van der Waals surface area contributed by atoms with Gasteiger partial charge in [-0.3, -0.25) is 4.79 Å². The topological polar surface area (TPSA) is 100 Å². The number of carbonyl (C=O) groups excluding carboxylic acids is 1. The first kappa shape index (κ1) is 53.1. The summed E-state index contributed by atoms with van der Waals surface area (Å²) in [5.41, 5.74) is 0. The van der Waals surface area contributed by atoms with Crippen LogP contribution in [0.5, 0.6) is 0 Å². The van der Waals surface area contributed by atoms with Crippen molar-refractivity contribution >= 4 is 5.97 Å². The van der Waals surface area contributed by atoms with Gasteiger partial charge < -0.3 is 42.6 Å². The smallest absolute Gasteiger partial charge is 0.305 e. The Labute approximate surface area is 333 Å². The van der Waals surface area contributed by atoms with Gasteiger partial charge in [0, 0.05) is 13.0 Å². The molecular weight excluding hydrogens is 688 g/mol. The molecule has 10 nitrogen and oxygen atoms in total. The van der Waals surface area contributed by atoms with Gasteiger partial charge in [0.05, 0.1) is 99.1 Å². The van der Waals surface area contributed by atoms with Crippen LogP contribution in [0.3, 0.4) is 0 Å². The normalized spacial score (nSPS) is 11.5. The molecule has 0 spiro atoms. The van der Waals surface area contributed by atoms with E-state index < -0.39 is 0 Å². The fourth-order valence-electron chi connectivity index (χ4n) is 5.91. The molecule has 0 unspecified atom stereocenters. The van der Waals surface area contributed by atoms with Crippen LogP contribution in [0.25, 0.3) is 0 Å². The number of ether oxygens (including phenoxy) is 9. The lowest BCUT2D eigenvalue weighted by molar-refractivity contribution is -0.145. The summed E-state index contributed by atoms with van der Waals surface area (Å²) >= 11 is 0. The van der Waals surface area contributed by atoms with E-state index in [9.17, 15) is 4.79 Å². The van der Waals surface area contributed by atoms with E-state index >= 15 is 0 Å². The molecule has 10 heteroatoms. The number of rotatable bonds is 49. The lowest BCUT2D eigenvalue weighted by Crippen LogP contribution is -2.15. The van der Waals surface area contributed by atoms with Gasteiger partial charge >= 0.3 is 5.97 Å². The number of carbonyl (C=O) groups is 1. The third-order valence-electron chi connectivity index (χ3n) is 9.22. The highest BCUT2D eigenvalue weighted by atomic mass is 16.6. The largest absolute Gasteiger partial charge is 0.463 e. The van der Waals surface area contributed by atoms with Crippen LogP contribution in [-0.4, -0.2) is 118 Å². The summed E-state index contributed by atoms with van der Waals surface area (Å²) in [7, 11) is 0. The molecule has 0 saturated carbocycles. The summed E-state index contributed by atoms with van der Waals surface area (Å²) in [4.78, 5) is 11.7. The van der Waals surface area contributed by atoms with Crippen molar-refractivity contribution in [2.24, 2.45) is 0 Å². The van der Waals surface area contributed by atoms with Crippen LogP contribution < -0.4 is 0 Å². The molecule has 0 aromatic heterocycles. The fraction of sp³-hybridized carbons (Fsp3) is 0.977. The molecule has 0 fully saturated rings. The second-order valence-corrected chi connectivity index (χ2v) is 14.3. The second kappa shape index (κ2) is 50.2. The van der Waals surface area contributed by atoms with Crippen LogP contribution in [-0.2, 0) is 47.4 Å². The monoisotopic (exact) mass is 777 g/mol. The highest BCUT2D eigenvalue weighted by molar-refractivity contribution is 5.69. The van der Waals surface area contributed by atoms with Crippen molar-refractivity contribution < 1.29 is 47.4 Å². The molecule has 0 atom stereocenters. The molecule has 0 saturated heterocycles. The molecule has 0 aliphatic rings. The van der Waals surface area contributed by atoms with Gasteiger partial charge in [-0.15, -0.1) is 0 Å². The molecule has 0 heterocycles. The minimum absolute atomic E-state index is 0.133. The molecule has 0 aliphatic heterocycles. The lowest BCUT2D eigenvalue weighted by Gasteiger charge is -2.09. The Morgan fingerprint density at radius 1 is 0.259 bits per heavy atom. The third kappa shape index (κ3) is 49.2. The van der Waals surface area contributed by atoms with Gasteiger partial charge in [-0.2, -0.15) is 0 Å². The van der Waals surface area contributed by atoms with Crippen LogP contribution in [0.4, 0.5) is 0 Å². The molecule has 0 amide bonds. The summed E-state index contributed by atoms with van der Waals surface area (Å²) in [5, 5.41) is 0. The summed E-state index contributed by atoms with van der Waals surface area (Å²) in [5.74, 6) is -0.133. The van der Waals surface area contributed by atoms with Gasteiger partial charge in [-0.05, 0) is 12.8 Å². The maximum Gasteiger partial charge on any atom is 0.305 e. The number of hydrogen-bond donors (Lipinski definition) is 0. The standard InChI is InChI=1S/C44H88O10/c1-3-5-7-9-11-12-13-14-15-16-17-18-19-21-23-25-27-46-28-29-47-30-31-48-32-33-49-34-35-50-36-37-51-38-39-52-40-41-53-42-43-54-44(45)26-24-22-20-10-8-6-4-2/h3-43H2,1-2H3. The minimum Gasteiger partial charge on any atom is -0.463 e. The SMILES string of the molecule is CCCCCCCCCCCCCCCCCCOCCOCCOCCOCCOCCOCCOCCOCCOC(=O)CCCCCCCCC. The number of hydrogen-bond acceptors (Lipinski definition) is 10. The molecule has 54 heavy (non-hydrogen) atoms. The van der Waals surface area contributed by atoms with E-state index in [-0.39, 0.29) is 5.97 Å². The summed E-state index contributed by atoms with van der Waals surface area (Å²) < 4.78 is 49.5. The van der Waals surface area contributed by atoms with Gasteiger partial charge in [0.1, 0.15) is 6.61 Å². The van der Waals surface area contributed by atoms with E-state index in [0.29, 0.717) is 112 Å². The third-order valence-corrected chi connectivity index (χ3v) is 9.22. The highest BCUT2D eigenvalue weighted by Crippen LogP contribution is 2.14. The van der Waals surface area contributed by atoms with E-state index in [1.165, 1.54) is 128 Å². The molecule has 0 aliphatic carbocycles. The van der Waals surface area contributed by atoms with Gasteiger partial charge in [-0.25, -0.2) is 0 Å². The van der Waals surface area contributed by atoms with Gasteiger partial charge in [-0.1, -0.05) is 149 Å². The quantitative estimate of drug-likeness (QED) is 0.0439. The maximum atomic E-state index is 11.7. The fourth-order valence-corrected chi connectivity index (χ4v) is 5.91. The summed E-state index contributed by atoms with van der Waals surface area (Å²) in [6, 6.07) is 0. The number of unbranched alkanes of at least 4 members (excludes halogenated alkanes) is 21. The lowest BCUT2D eigenvalue weighted by atomic mass is 10.0. The van der Waals surface area contributed by atoms with Crippen molar-refractivity contribution in [2.75, 3.05) is 112 Å². The van der Waals surface area contributed by atoms with Crippen LogP contribution >= 0.6 is 0 Å². The van der Waals surface area contributed by atoms with Crippen LogP contribution in [0.2, 0.25) is 0 Å². The van der Waals surface area contributed by atoms with Crippen LogP contribution in [0.1, 0.15) is 168 Å². The average Bonchev–Trinajstić information content (AvgIpc) is 3.18. The first-order valence-electron chi connectivity index (χ1n) is 22.6. The van der Waals surface area contributed by atoms with E-state index in [0.717, 1.165) is 25.9 Å².